The number of hydrogen-bond acceptors (Lipinski definition) is 1. The molecule has 3 heteroatoms. The van der Waals surface area contributed by atoms with E-state index in [1.54, 1.807) is 0 Å². The molecule has 92 valence electrons. The molecule has 1 heterocycles. The molecule has 1 aliphatic rings. The maximum Gasteiger partial charge on any atom is 0.0523 e. The molecule has 0 N–H and O–H groups in total. The zero-order valence-corrected chi connectivity index (χ0v) is 12.6. The quantitative estimate of drug-likeness (QED) is 0.567. The molecule has 0 aromatic carbocycles. The highest BCUT2D eigenvalue weighted by Crippen LogP contribution is 2.38. The number of alkyl halides is 1. The van der Waals surface area contributed by atoms with Crippen molar-refractivity contribution >= 4 is 27.5 Å². The monoisotopic (exact) mass is 313 g/mol. The molecule has 0 amide bonds. The van der Waals surface area contributed by atoms with Crippen LogP contribution in [0.1, 0.15) is 32.3 Å². The Hall–Kier alpha value is -0.340. The third kappa shape index (κ3) is 3.82. The van der Waals surface area contributed by atoms with E-state index in [4.69, 9.17) is 11.6 Å². The van der Waals surface area contributed by atoms with Crippen LogP contribution >= 0.6 is 27.5 Å². The van der Waals surface area contributed by atoms with Crippen molar-refractivity contribution in [2.45, 2.75) is 38.5 Å². The minimum atomic E-state index is 0.175. The van der Waals surface area contributed by atoms with E-state index in [1.165, 1.54) is 11.1 Å². The second-order valence-electron chi connectivity index (χ2n) is 5.57. The van der Waals surface area contributed by atoms with Crippen LogP contribution in [0.4, 0.5) is 0 Å². The van der Waals surface area contributed by atoms with Crippen molar-refractivity contribution in [3.63, 3.8) is 0 Å². The van der Waals surface area contributed by atoms with Crippen LogP contribution in [-0.4, -0.2) is 10.4 Å². The summed E-state index contributed by atoms with van der Waals surface area (Å²) in [6.45, 7) is 4.57. The summed E-state index contributed by atoms with van der Waals surface area (Å²) in [5.74, 6) is 0. The van der Waals surface area contributed by atoms with Gasteiger partial charge in [0, 0.05) is 16.9 Å². The van der Waals surface area contributed by atoms with Crippen LogP contribution in [0, 0.1) is 5.41 Å². The fourth-order valence-electron chi connectivity index (χ4n) is 2.52. The Bertz CT molecular complexity index is 440. The second-order valence-corrected chi connectivity index (χ2v) is 7.05. The second kappa shape index (κ2) is 5.11. The van der Waals surface area contributed by atoms with Crippen molar-refractivity contribution in [2.75, 3.05) is 0 Å². The lowest BCUT2D eigenvalue weighted by Crippen LogP contribution is -2.22. The highest BCUT2D eigenvalue weighted by atomic mass is 79.9. The van der Waals surface area contributed by atoms with Gasteiger partial charge in [-0.25, -0.2) is 0 Å². The molecule has 0 saturated heterocycles. The molecule has 17 heavy (non-hydrogen) atoms. The summed E-state index contributed by atoms with van der Waals surface area (Å²) in [6, 6.07) is 2.12. The molecule has 1 unspecified atom stereocenters. The van der Waals surface area contributed by atoms with Crippen molar-refractivity contribution in [3.05, 3.63) is 40.1 Å². The molecule has 0 bridgehead atoms. The lowest BCUT2D eigenvalue weighted by Gasteiger charge is -2.32. The van der Waals surface area contributed by atoms with E-state index in [0.29, 0.717) is 5.41 Å². The number of halogens is 2. The molecular formula is C14H17BrClN. The minimum absolute atomic E-state index is 0.175. The average molecular weight is 315 g/mol. The normalized spacial score (nSPS) is 23.3. The lowest BCUT2D eigenvalue weighted by molar-refractivity contribution is 0.320. The molecule has 0 radical (unpaired) electrons. The highest BCUT2D eigenvalue weighted by Gasteiger charge is 2.27. The van der Waals surface area contributed by atoms with Gasteiger partial charge in [-0.05, 0) is 52.2 Å². The topological polar surface area (TPSA) is 12.9 Å². The summed E-state index contributed by atoms with van der Waals surface area (Å²) in [7, 11) is 0. The smallest absolute Gasteiger partial charge is 0.0523 e. The van der Waals surface area contributed by atoms with Crippen LogP contribution in [0.3, 0.4) is 0 Å². The summed E-state index contributed by atoms with van der Waals surface area (Å²) >= 11 is 9.75. The van der Waals surface area contributed by atoms with Gasteiger partial charge in [0.2, 0.25) is 0 Å². The van der Waals surface area contributed by atoms with Gasteiger partial charge in [0.1, 0.15) is 0 Å². The SMILES string of the molecule is CC1(C)CC(Cc2cncc(Br)c2)=CC(Cl)C1. The zero-order chi connectivity index (χ0) is 12.5. The summed E-state index contributed by atoms with van der Waals surface area (Å²) in [4.78, 5) is 4.20. The van der Waals surface area contributed by atoms with Gasteiger partial charge in [-0.15, -0.1) is 11.6 Å². The van der Waals surface area contributed by atoms with Crippen LogP contribution in [0.25, 0.3) is 0 Å². The van der Waals surface area contributed by atoms with Crippen LogP contribution in [-0.2, 0) is 6.42 Å². The first-order valence-corrected chi connectivity index (χ1v) is 7.11. The largest absolute Gasteiger partial charge is 0.263 e. The van der Waals surface area contributed by atoms with Gasteiger partial charge < -0.3 is 0 Å². The van der Waals surface area contributed by atoms with Gasteiger partial charge in [-0.2, -0.15) is 0 Å². The number of aromatic nitrogens is 1. The molecule has 0 aliphatic heterocycles. The number of nitrogens with zero attached hydrogens (tertiary/aromatic N) is 1. The Kier molecular flexibility index (Phi) is 3.94. The van der Waals surface area contributed by atoms with Crippen molar-refractivity contribution in [3.8, 4) is 0 Å². The van der Waals surface area contributed by atoms with Gasteiger partial charge >= 0.3 is 0 Å². The number of pyridine rings is 1. The Morgan fingerprint density at radius 2 is 2.24 bits per heavy atom. The fraction of sp³-hybridized carbons (Fsp3) is 0.500. The number of rotatable bonds is 2. The zero-order valence-electron chi connectivity index (χ0n) is 10.2. The maximum absolute atomic E-state index is 6.29. The summed E-state index contributed by atoms with van der Waals surface area (Å²) in [6.07, 6.45) is 9.10. The molecule has 0 fully saturated rings. The first kappa shape index (κ1) is 13.1. The van der Waals surface area contributed by atoms with Crippen molar-refractivity contribution in [1.29, 1.82) is 0 Å². The van der Waals surface area contributed by atoms with Gasteiger partial charge in [-0.3, -0.25) is 4.98 Å². The summed E-state index contributed by atoms with van der Waals surface area (Å²) in [5, 5.41) is 0.175. The molecule has 0 spiro atoms. The van der Waals surface area contributed by atoms with Gasteiger partial charge in [0.25, 0.3) is 0 Å². The standard InChI is InChI=1S/C14H17BrClN/c1-14(2)6-10(5-13(16)7-14)3-11-4-12(15)9-17-8-11/h4-5,8-9,13H,3,6-7H2,1-2H3. The van der Waals surface area contributed by atoms with E-state index < -0.39 is 0 Å². The number of allylic oxidation sites excluding steroid dienone is 2. The van der Waals surface area contributed by atoms with E-state index in [9.17, 15) is 0 Å². The Morgan fingerprint density at radius 3 is 2.88 bits per heavy atom. The predicted octanol–water partition coefficient (Wildman–Crippen LogP) is 4.74. The first-order chi connectivity index (χ1) is 7.94. The third-order valence-corrected chi connectivity index (χ3v) is 3.78. The molecule has 1 aromatic rings. The Morgan fingerprint density at radius 1 is 1.47 bits per heavy atom. The van der Waals surface area contributed by atoms with Crippen molar-refractivity contribution in [2.24, 2.45) is 5.41 Å². The van der Waals surface area contributed by atoms with Gasteiger partial charge in [0.05, 0.1) is 5.38 Å². The van der Waals surface area contributed by atoms with Crippen LogP contribution < -0.4 is 0 Å². The minimum Gasteiger partial charge on any atom is -0.263 e. The molecular weight excluding hydrogens is 298 g/mol. The predicted molar refractivity (Wildman–Crippen MR) is 76.4 cm³/mol. The van der Waals surface area contributed by atoms with Gasteiger partial charge in [-0.1, -0.05) is 25.5 Å². The van der Waals surface area contributed by atoms with E-state index in [2.05, 4.69) is 46.9 Å². The van der Waals surface area contributed by atoms with Crippen LogP contribution in [0.15, 0.2) is 34.6 Å². The first-order valence-electron chi connectivity index (χ1n) is 5.88. The molecule has 1 aliphatic carbocycles. The molecule has 0 saturated carbocycles. The number of hydrogen-bond donors (Lipinski definition) is 0. The molecule has 2 rings (SSSR count). The van der Waals surface area contributed by atoms with Crippen LogP contribution in [0.2, 0.25) is 0 Å². The highest BCUT2D eigenvalue weighted by molar-refractivity contribution is 9.10. The molecule has 1 atom stereocenters. The van der Waals surface area contributed by atoms with E-state index in [1.807, 2.05) is 12.4 Å². The summed E-state index contributed by atoms with van der Waals surface area (Å²) < 4.78 is 1.04. The average Bonchev–Trinajstić information content (AvgIpc) is 2.13. The van der Waals surface area contributed by atoms with Crippen LogP contribution in [0.5, 0.6) is 0 Å². The Labute approximate surface area is 116 Å². The van der Waals surface area contributed by atoms with Crippen molar-refractivity contribution < 1.29 is 0 Å². The summed E-state index contributed by atoms with van der Waals surface area (Å²) in [5.41, 5.74) is 2.99. The van der Waals surface area contributed by atoms with Gasteiger partial charge in [0.15, 0.2) is 0 Å². The Balaban J connectivity index is 2.14. The maximum atomic E-state index is 6.29. The fourth-order valence-corrected chi connectivity index (χ4v) is 3.53. The molecule has 1 aromatic heterocycles. The van der Waals surface area contributed by atoms with E-state index >= 15 is 0 Å². The third-order valence-electron chi connectivity index (χ3n) is 3.06. The lowest BCUT2D eigenvalue weighted by atomic mass is 9.76. The van der Waals surface area contributed by atoms with E-state index in [-0.39, 0.29) is 5.38 Å². The van der Waals surface area contributed by atoms with Crippen molar-refractivity contribution in [1.82, 2.24) is 4.98 Å². The molecule has 1 nitrogen and oxygen atoms in total. The van der Waals surface area contributed by atoms with E-state index in [0.717, 1.165) is 23.7 Å².